The van der Waals surface area contributed by atoms with E-state index < -0.39 is 5.97 Å². The van der Waals surface area contributed by atoms with Gasteiger partial charge in [0.2, 0.25) is 0 Å². The molecule has 3 heteroatoms. The van der Waals surface area contributed by atoms with Gasteiger partial charge in [-0.25, -0.2) is 0 Å². The molecule has 0 unspecified atom stereocenters. The predicted molar refractivity (Wildman–Crippen MR) is 72.7 cm³/mol. The zero-order valence-corrected chi connectivity index (χ0v) is 10.5. The van der Waals surface area contributed by atoms with Crippen molar-refractivity contribution in [2.24, 2.45) is 7.05 Å². The molecule has 3 nitrogen and oxygen atoms in total. The van der Waals surface area contributed by atoms with E-state index in [9.17, 15) is 9.90 Å². The minimum Gasteiger partial charge on any atom is -0.545 e. The maximum atomic E-state index is 11.5. The van der Waals surface area contributed by atoms with Crippen LogP contribution in [0.5, 0.6) is 0 Å². The first kappa shape index (κ1) is 11.5. The number of carbonyl (C=O) groups excluding carboxylic acids is 1. The molecule has 3 aromatic rings. The van der Waals surface area contributed by atoms with Crippen LogP contribution < -0.4 is 5.11 Å². The highest BCUT2D eigenvalue weighted by molar-refractivity contribution is 6.09. The molecule has 0 radical (unpaired) electrons. The Balaban J connectivity index is 2.44. The first-order valence-corrected chi connectivity index (χ1v) is 6.04. The molecule has 0 saturated heterocycles. The predicted octanol–water partition coefficient (Wildman–Crippen LogP) is 2.21. The van der Waals surface area contributed by atoms with Crippen LogP contribution >= 0.6 is 0 Å². The van der Waals surface area contributed by atoms with E-state index in [0.717, 1.165) is 11.1 Å². The lowest BCUT2D eigenvalue weighted by Gasteiger charge is -2.08. The van der Waals surface area contributed by atoms with Crippen molar-refractivity contribution in [2.75, 3.05) is 0 Å². The van der Waals surface area contributed by atoms with Crippen molar-refractivity contribution in [3.8, 4) is 11.3 Å². The van der Waals surface area contributed by atoms with Gasteiger partial charge in [0.05, 0.1) is 11.7 Å². The lowest BCUT2D eigenvalue weighted by Crippen LogP contribution is -2.22. The first-order valence-electron chi connectivity index (χ1n) is 6.04. The van der Waals surface area contributed by atoms with Crippen molar-refractivity contribution in [3.63, 3.8) is 0 Å². The number of para-hydroxylation sites is 1. The van der Waals surface area contributed by atoms with E-state index in [1.54, 1.807) is 0 Å². The Morgan fingerprint density at radius 3 is 2.32 bits per heavy atom. The quantitative estimate of drug-likeness (QED) is 0.700. The summed E-state index contributed by atoms with van der Waals surface area (Å²) in [6.45, 7) is 0. The molecule has 0 bridgehead atoms. The smallest absolute Gasteiger partial charge is 0.0743 e. The van der Waals surface area contributed by atoms with Crippen LogP contribution in [-0.4, -0.2) is 10.5 Å². The van der Waals surface area contributed by atoms with E-state index in [1.807, 2.05) is 66.2 Å². The van der Waals surface area contributed by atoms with Crippen LogP contribution in [0, 0.1) is 0 Å². The molecule has 0 saturated carbocycles. The topological polar surface area (TPSA) is 45.1 Å². The molecular formula is C16H12NO2-. The molecule has 1 heterocycles. The molecule has 0 aliphatic heterocycles. The van der Waals surface area contributed by atoms with Crippen molar-refractivity contribution < 1.29 is 9.90 Å². The summed E-state index contributed by atoms with van der Waals surface area (Å²) in [6, 6.07) is 17.0. The molecule has 0 aliphatic rings. The zero-order chi connectivity index (χ0) is 13.4. The summed E-state index contributed by atoms with van der Waals surface area (Å²) in [5.74, 6) is -1.14. The Hall–Kier alpha value is -2.55. The molecule has 94 valence electrons. The molecule has 0 atom stereocenters. The third kappa shape index (κ3) is 1.71. The second kappa shape index (κ2) is 4.28. The van der Waals surface area contributed by atoms with E-state index in [4.69, 9.17) is 0 Å². The average molecular weight is 250 g/mol. The summed E-state index contributed by atoms with van der Waals surface area (Å²) < 4.78 is 1.90. The fourth-order valence-corrected chi connectivity index (χ4v) is 2.53. The highest BCUT2D eigenvalue weighted by Crippen LogP contribution is 2.32. The number of carboxylic acids is 1. The number of aromatic nitrogens is 1. The monoisotopic (exact) mass is 250 g/mol. The lowest BCUT2D eigenvalue weighted by atomic mass is 10.1. The van der Waals surface area contributed by atoms with Crippen LogP contribution in [0.25, 0.3) is 22.2 Å². The van der Waals surface area contributed by atoms with Gasteiger partial charge in [-0.05, 0) is 11.6 Å². The second-order valence-corrected chi connectivity index (χ2v) is 4.45. The van der Waals surface area contributed by atoms with Crippen molar-refractivity contribution in [2.45, 2.75) is 0 Å². The van der Waals surface area contributed by atoms with Gasteiger partial charge in [-0.1, -0.05) is 48.5 Å². The number of aromatic carboxylic acids is 1. The SMILES string of the molecule is Cn1c(-c2ccccc2)c(C(=O)[O-])c2ccccc21. The summed E-state index contributed by atoms with van der Waals surface area (Å²) in [5, 5.41) is 12.2. The largest absolute Gasteiger partial charge is 0.545 e. The molecule has 19 heavy (non-hydrogen) atoms. The molecular weight excluding hydrogens is 238 g/mol. The molecule has 0 spiro atoms. The van der Waals surface area contributed by atoms with Gasteiger partial charge in [-0.2, -0.15) is 0 Å². The third-order valence-electron chi connectivity index (χ3n) is 3.36. The van der Waals surface area contributed by atoms with E-state index in [2.05, 4.69) is 0 Å². The highest BCUT2D eigenvalue weighted by Gasteiger charge is 2.16. The third-order valence-corrected chi connectivity index (χ3v) is 3.36. The number of benzene rings is 2. The Bertz CT molecular complexity index is 757. The Morgan fingerprint density at radius 1 is 1.00 bits per heavy atom. The van der Waals surface area contributed by atoms with Crippen molar-refractivity contribution in [3.05, 3.63) is 60.2 Å². The maximum Gasteiger partial charge on any atom is 0.0743 e. The minimum absolute atomic E-state index is 0.254. The molecule has 3 rings (SSSR count). The fourth-order valence-electron chi connectivity index (χ4n) is 2.53. The number of rotatable bonds is 2. The second-order valence-electron chi connectivity index (χ2n) is 4.45. The van der Waals surface area contributed by atoms with E-state index in [1.165, 1.54) is 0 Å². The number of fused-ring (bicyclic) bond motifs is 1. The average Bonchev–Trinajstić information content (AvgIpc) is 2.74. The maximum absolute atomic E-state index is 11.5. The fraction of sp³-hybridized carbons (Fsp3) is 0.0625. The van der Waals surface area contributed by atoms with Crippen LogP contribution in [0.4, 0.5) is 0 Å². The van der Waals surface area contributed by atoms with Gasteiger partial charge in [-0.15, -0.1) is 0 Å². The van der Waals surface area contributed by atoms with E-state index >= 15 is 0 Å². The number of carbonyl (C=O) groups is 1. The Morgan fingerprint density at radius 2 is 1.63 bits per heavy atom. The van der Waals surface area contributed by atoms with Gasteiger partial charge in [-0.3, -0.25) is 0 Å². The molecule has 2 aromatic carbocycles. The molecule has 0 fully saturated rings. The van der Waals surface area contributed by atoms with Gasteiger partial charge >= 0.3 is 0 Å². The van der Waals surface area contributed by atoms with Gasteiger partial charge in [0.15, 0.2) is 0 Å². The van der Waals surface area contributed by atoms with Gasteiger partial charge in [0, 0.05) is 23.5 Å². The van der Waals surface area contributed by atoms with E-state index in [0.29, 0.717) is 11.1 Å². The van der Waals surface area contributed by atoms with Crippen molar-refractivity contribution in [1.82, 2.24) is 4.57 Å². The van der Waals surface area contributed by atoms with Crippen LogP contribution in [0.15, 0.2) is 54.6 Å². The number of hydrogen-bond acceptors (Lipinski definition) is 2. The van der Waals surface area contributed by atoms with Gasteiger partial charge < -0.3 is 14.5 Å². The number of hydrogen-bond donors (Lipinski definition) is 0. The number of carboxylic acid groups (broad SMARTS) is 1. The number of aryl methyl sites for hydroxylation is 1. The van der Waals surface area contributed by atoms with Crippen molar-refractivity contribution in [1.29, 1.82) is 0 Å². The summed E-state index contributed by atoms with van der Waals surface area (Å²) in [5.41, 5.74) is 2.70. The summed E-state index contributed by atoms with van der Waals surface area (Å²) >= 11 is 0. The van der Waals surface area contributed by atoms with Crippen LogP contribution in [0.1, 0.15) is 10.4 Å². The number of nitrogens with zero attached hydrogens (tertiary/aromatic N) is 1. The normalized spacial score (nSPS) is 10.8. The van der Waals surface area contributed by atoms with Gasteiger partial charge in [0.25, 0.3) is 0 Å². The molecule has 0 aliphatic carbocycles. The Kier molecular flexibility index (Phi) is 2.60. The van der Waals surface area contributed by atoms with Crippen molar-refractivity contribution >= 4 is 16.9 Å². The summed E-state index contributed by atoms with van der Waals surface area (Å²) in [7, 11) is 1.87. The Labute approximate surface area is 110 Å². The zero-order valence-electron chi connectivity index (χ0n) is 10.5. The molecule has 1 aromatic heterocycles. The molecule has 0 N–H and O–H groups in total. The van der Waals surface area contributed by atoms with Crippen LogP contribution in [0.3, 0.4) is 0 Å². The first-order chi connectivity index (χ1) is 9.20. The summed E-state index contributed by atoms with van der Waals surface area (Å²) in [6.07, 6.45) is 0. The van der Waals surface area contributed by atoms with Gasteiger partial charge in [0.1, 0.15) is 0 Å². The minimum atomic E-state index is -1.14. The van der Waals surface area contributed by atoms with Crippen LogP contribution in [0.2, 0.25) is 0 Å². The standard InChI is InChI=1S/C16H13NO2/c1-17-13-10-6-5-9-12(13)14(16(18)19)15(17)11-7-3-2-4-8-11/h2-10H,1H3,(H,18,19)/p-1. The molecule has 0 amide bonds. The lowest BCUT2D eigenvalue weighted by molar-refractivity contribution is -0.254. The van der Waals surface area contributed by atoms with E-state index in [-0.39, 0.29) is 5.56 Å². The highest BCUT2D eigenvalue weighted by atomic mass is 16.4. The van der Waals surface area contributed by atoms with Crippen LogP contribution in [-0.2, 0) is 7.05 Å². The summed E-state index contributed by atoms with van der Waals surface area (Å²) in [4.78, 5) is 11.5.